The van der Waals surface area contributed by atoms with Crippen LogP contribution in [0.15, 0.2) is 12.1 Å². The Balaban J connectivity index is 3.20. The maximum absolute atomic E-state index is 11.3. The van der Waals surface area contributed by atoms with Gasteiger partial charge >= 0.3 is 0 Å². The van der Waals surface area contributed by atoms with Gasteiger partial charge < -0.3 is 10.2 Å². The standard InChI is InChI=1S/C12H16O3/c1-4-10(8(3)13)9-5-7(2)12(15)11(14)6-9/h5-6,10,14-15H,4H2,1-3H3. The van der Waals surface area contributed by atoms with Gasteiger partial charge in [-0.1, -0.05) is 13.0 Å². The molecule has 0 bridgehead atoms. The molecule has 0 aliphatic heterocycles. The van der Waals surface area contributed by atoms with Gasteiger partial charge in [-0.3, -0.25) is 4.79 Å². The van der Waals surface area contributed by atoms with Crippen molar-refractivity contribution in [2.45, 2.75) is 33.1 Å². The number of hydrogen-bond donors (Lipinski definition) is 2. The smallest absolute Gasteiger partial charge is 0.160 e. The van der Waals surface area contributed by atoms with Gasteiger partial charge in [0, 0.05) is 5.92 Å². The van der Waals surface area contributed by atoms with E-state index in [0.717, 1.165) is 5.56 Å². The Labute approximate surface area is 89.4 Å². The summed E-state index contributed by atoms with van der Waals surface area (Å²) in [6, 6.07) is 3.20. The highest BCUT2D eigenvalue weighted by molar-refractivity contribution is 5.83. The lowest BCUT2D eigenvalue weighted by atomic mass is 9.91. The maximum atomic E-state index is 11.3. The summed E-state index contributed by atoms with van der Waals surface area (Å²) in [4.78, 5) is 11.3. The van der Waals surface area contributed by atoms with Gasteiger partial charge in [0.1, 0.15) is 5.78 Å². The number of benzene rings is 1. The van der Waals surface area contributed by atoms with Crippen LogP contribution in [-0.4, -0.2) is 16.0 Å². The maximum Gasteiger partial charge on any atom is 0.160 e. The molecule has 0 amide bonds. The van der Waals surface area contributed by atoms with Crippen LogP contribution < -0.4 is 0 Å². The van der Waals surface area contributed by atoms with Crippen molar-refractivity contribution in [2.75, 3.05) is 0 Å². The number of aromatic hydroxyl groups is 2. The molecule has 1 rings (SSSR count). The zero-order valence-electron chi connectivity index (χ0n) is 9.24. The highest BCUT2D eigenvalue weighted by Crippen LogP contribution is 2.33. The number of Topliss-reactive ketones (excluding diaryl/α,β-unsaturated/α-hetero) is 1. The SMILES string of the molecule is CCC(C(C)=O)c1cc(C)c(O)c(O)c1. The van der Waals surface area contributed by atoms with Crippen LogP contribution in [0.1, 0.15) is 37.3 Å². The molecule has 0 aliphatic carbocycles. The van der Waals surface area contributed by atoms with Crippen molar-refractivity contribution in [2.24, 2.45) is 0 Å². The van der Waals surface area contributed by atoms with E-state index in [9.17, 15) is 15.0 Å². The Morgan fingerprint density at radius 1 is 1.40 bits per heavy atom. The second-order valence-corrected chi connectivity index (χ2v) is 3.78. The van der Waals surface area contributed by atoms with E-state index >= 15 is 0 Å². The van der Waals surface area contributed by atoms with Crippen LogP contribution in [-0.2, 0) is 4.79 Å². The normalized spacial score (nSPS) is 12.5. The molecule has 3 nitrogen and oxygen atoms in total. The highest BCUT2D eigenvalue weighted by atomic mass is 16.3. The summed E-state index contributed by atoms with van der Waals surface area (Å²) in [6.07, 6.45) is 0.693. The number of phenols is 2. The summed E-state index contributed by atoms with van der Waals surface area (Å²) < 4.78 is 0. The fourth-order valence-corrected chi connectivity index (χ4v) is 1.75. The highest BCUT2D eigenvalue weighted by Gasteiger charge is 2.17. The van der Waals surface area contributed by atoms with E-state index in [1.54, 1.807) is 13.0 Å². The van der Waals surface area contributed by atoms with Crippen LogP contribution in [0, 0.1) is 6.92 Å². The van der Waals surface area contributed by atoms with Gasteiger partial charge in [-0.15, -0.1) is 0 Å². The molecule has 0 saturated carbocycles. The van der Waals surface area contributed by atoms with Gasteiger partial charge in [0.05, 0.1) is 0 Å². The first-order chi connectivity index (χ1) is 6.97. The van der Waals surface area contributed by atoms with E-state index < -0.39 is 0 Å². The largest absolute Gasteiger partial charge is 0.504 e. The minimum Gasteiger partial charge on any atom is -0.504 e. The lowest BCUT2D eigenvalue weighted by Gasteiger charge is -2.13. The van der Waals surface area contributed by atoms with Crippen LogP contribution >= 0.6 is 0 Å². The molecule has 0 spiro atoms. The van der Waals surface area contributed by atoms with Crippen molar-refractivity contribution in [3.05, 3.63) is 23.3 Å². The number of carbonyl (C=O) groups is 1. The van der Waals surface area contributed by atoms with Gasteiger partial charge in [0.15, 0.2) is 11.5 Å². The van der Waals surface area contributed by atoms with Gasteiger partial charge in [0.25, 0.3) is 0 Å². The van der Waals surface area contributed by atoms with Crippen molar-refractivity contribution in [3.63, 3.8) is 0 Å². The molecule has 0 radical (unpaired) electrons. The lowest BCUT2D eigenvalue weighted by molar-refractivity contribution is -0.118. The minimum absolute atomic E-state index is 0.0713. The number of carbonyl (C=O) groups excluding carboxylic acids is 1. The zero-order chi connectivity index (χ0) is 11.6. The van der Waals surface area contributed by atoms with Crippen LogP contribution in [0.4, 0.5) is 0 Å². The van der Waals surface area contributed by atoms with Crippen molar-refractivity contribution >= 4 is 5.78 Å². The van der Waals surface area contributed by atoms with E-state index in [0.29, 0.717) is 12.0 Å². The van der Waals surface area contributed by atoms with Gasteiger partial charge in [-0.2, -0.15) is 0 Å². The van der Waals surface area contributed by atoms with Crippen molar-refractivity contribution in [3.8, 4) is 11.5 Å². The number of rotatable bonds is 3. The number of ketones is 1. The Morgan fingerprint density at radius 3 is 2.40 bits per heavy atom. The van der Waals surface area contributed by atoms with Crippen LogP contribution in [0.3, 0.4) is 0 Å². The third-order valence-electron chi connectivity index (χ3n) is 2.60. The third-order valence-corrected chi connectivity index (χ3v) is 2.60. The molecular weight excluding hydrogens is 192 g/mol. The average molecular weight is 208 g/mol. The van der Waals surface area contributed by atoms with E-state index in [-0.39, 0.29) is 23.2 Å². The summed E-state index contributed by atoms with van der Waals surface area (Å²) in [7, 11) is 0. The predicted molar refractivity (Wildman–Crippen MR) is 58.2 cm³/mol. The second kappa shape index (κ2) is 4.34. The molecule has 1 atom stereocenters. The van der Waals surface area contributed by atoms with E-state index in [1.807, 2.05) is 6.92 Å². The molecule has 3 heteroatoms. The molecule has 0 fully saturated rings. The second-order valence-electron chi connectivity index (χ2n) is 3.78. The van der Waals surface area contributed by atoms with E-state index in [1.165, 1.54) is 13.0 Å². The van der Waals surface area contributed by atoms with Gasteiger partial charge in [-0.05, 0) is 37.5 Å². The molecule has 0 aliphatic rings. The zero-order valence-corrected chi connectivity index (χ0v) is 9.24. The summed E-state index contributed by atoms with van der Waals surface area (Å²) in [6.45, 7) is 5.16. The van der Waals surface area contributed by atoms with E-state index in [4.69, 9.17) is 0 Å². The Bertz CT molecular complexity index is 359. The third kappa shape index (κ3) is 2.29. The predicted octanol–water partition coefficient (Wildman–Crippen LogP) is 2.49. The molecule has 0 saturated heterocycles. The fraction of sp³-hybridized carbons (Fsp3) is 0.417. The topological polar surface area (TPSA) is 57.5 Å². The quantitative estimate of drug-likeness (QED) is 0.750. The van der Waals surface area contributed by atoms with Crippen molar-refractivity contribution < 1.29 is 15.0 Å². The number of phenolic OH excluding ortho intramolecular Hbond substituents is 2. The molecule has 1 aromatic carbocycles. The Hall–Kier alpha value is -1.51. The van der Waals surface area contributed by atoms with Crippen molar-refractivity contribution in [1.29, 1.82) is 0 Å². The van der Waals surface area contributed by atoms with Gasteiger partial charge in [-0.25, -0.2) is 0 Å². The molecule has 2 N–H and O–H groups in total. The van der Waals surface area contributed by atoms with Crippen molar-refractivity contribution in [1.82, 2.24) is 0 Å². The number of hydrogen-bond acceptors (Lipinski definition) is 3. The van der Waals surface area contributed by atoms with E-state index in [2.05, 4.69) is 0 Å². The first-order valence-corrected chi connectivity index (χ1v) is 5.00. The lowest BCUT2D eigenvalue weighted by Crippen LogP contribution is -2.07. The Kier molecular flexibility index (Phi) is 3.35. The summed E-state index contributed by atoms with van der Waals surface area (Å²) in [5, 5.41) is 18.8. The van der Waals surface area contributed by atoms with Crippen LogP contribution in [0.2, 0.25) is 0 Å². The summed E-state index contributed by atoms with van der Waals surface area (Å²) in [5.41, 5.74) is 1.35. The van der Waals surface area contributed by atoms with Crippen LogP contribution in [0.5, 0.6) is 11.5 Å². The molecule has 1 aromatic rings. The average Bonchev–Trinajstić information content (AvgIpc) is 2.14. The molecule has 0 aromatic heterocycles. The number of aryl methyl sites for hydroxylation is 1. The Morgan fingerprint density at radius 2 is 2.00 bits per heavy atom. The summed E-state index contributed by atoms with van der Waals surface area (Å²) >= 11 is 0. The molecule has 82 valence electrons. The monoisotopic (exact) mass is 208 g/mol. The summed E-state index contributed by atoms with van der Waals surface area (Å²) in [5.74, 6) is -0.404. The first kappa shape index (κ1) is 11.6. The minimum atomic E-state index is -0.199. The van der Waals surface area contributed by atoms with Gasteiger partial charge in [0.2, 0.25) is 0 Å². The molecular formula is C12H16O3. The fourth-order valence-electron chi connectivity index (χ4n) is 1.75. The van der Waals surface area contributed by atoms with Crippen LogP contribution in [0.25, 0.3) is 0 Å². The molecule has 1 unspecified atom stereocenters. The first-order valence-electron chi connectivity index (χ1n) is 5.00. The molecule has 0 heterocycles. The molecule has 15 heavy (non-hydrogen) atoms.